The monoisotopic (exact) mass is 409 g/mol. The number of hydrogen-bond donors (Lipinski definition) is 1. The number of sulfonamides is 1. The summed E-state index contributed by atoms with van der Waals surface area (Å²) in [6, 6.07) is 4.63. The molecule has 3 rings (SSSR count). The van der Waals surface area contributed by atoms with E-state index in [0.717, 1.165) is 6.42 Å². The molecule has 154 valence electrons. The highest BCUT2D eigenvalue weighted by Gasteiger charge is 2.30. The minimum Gasteiger partial charge on any atom is -0.408 e. The molecule has 8 nitrogen and oxygen atoms in total. The van der Waals surface area contributed by atoms with Gasteiger partial charge in [-0.1, -0.05) is 6.92 Å². The van der Waals surface area contributed by atoms with Crippen molar-refractivity contribution < 1.29 is 17.6 Å². The van der Waals surface area contributed by atoms with E-state index in [2.05, 4.69) is 5.32 Å². The van der Waals surface area contributed by atoms with Gasteiger partial charge in [0.1, 0.15) is 0 Å². The van der Waals surface area contributed by atoms with Crippen molar-refractivity contribution in [3.63, 3.8) is 0 Å². The van der Waals surface area contributed by atoms with E-state index in [4.69, 9.17) is 4.42 Å². The predicted octanol–water partition coefficient (Wildman–Crippen LogP) is 1.84. The summed E-state index contributed by atoms with van der Waals surface area (Å²) in [4.78, 5) is 23.8. The number of aromatic nitrogens is 1. The van der Waals surface area contributed by atoms with Gasteiger partial charge in [0.15, 0.2) is 5.58 Å². The van der Waals surface area contributed by atoms with E-state index >= 15 is 0 Å². The maximum atomic E-state index is 13.0. The number of hydrogen-bond acceptors (Lipinski definition) is 5. The van der Waals surface area contributed by atoms with Gasteiger partial charge in [0.25, 0.3) is 0 Å². The van der Waals surface area contributed by atoms with E-state index < -0.39 is 15.8 Å². The summed E-state index contributed by atoms with van der Waals surface area (Å²) in [5, 5.41) is 2.96. The Kier molecular flexibility index (Phi) is 5.95. The molecule has 28 heavy (non-hydrogen) atoms. The van der Waals surface area contributed by atoms with Crippen LogP contribution in [-0.2, 0) is 21.9 Å². The Morgan fingerprint density at radius 2 is 2.00 bits per heavy atom. The Morgan fingerprint density at radius 3 is 2.64 bits per heavy atom. The van der Waals surface area contributed by atoms with Crippen LogP contribution in [0.5, 0.6) is 0 Å². The van der Waals surface area contributed by atoms with Crippen LogP contribution in [0.2, 0.25) is 0 Å². The lowest BCUT2D eigenvalue weighted by Gasteiger charge is -2.31. The minimum atomic E-state index is -3.67. The molecule has 1 fully saturated rings. The van der Waals surface area contributed by atoms with Gasteiger partial charge < -0.3 is 9.73 Å². The Morgan fingerprint density at radius 1 is 1.32 bits per heavy atom. The third kappa shape index (κ3) is 4.15. The lowest BCUT2D eigenvalue weighted by atomic mass is 9.94. The number of nitrogens with one attached hydrogen (secondary N) is 1. The van der Waals surface area contributed by atoms with Crippen molar-refractivity contribution in [1.29, 1.82) is 0 Å². The molecule has 1 aliphatic heterocycles. The molecule has 1 amide bonds. The maximum absolute atomic E-state index is 13.0. The average molecular weight is 410 g/mol. The zero-order valence-electron chi connectivity index (χ0n) is 16.5. The highest BCUT2D eigenvalue weighted by Crippen LogP contribution is 2.27. The summed E-state index contributed by atoms with van der Waals surface area (Å²) in [7, 11) is -2.10. The SMILES string of the molecule is CCC(C)NC(=O)CC1CCN(S(=O)(=O)c2ccc3c(c2)oc(=O)n3C)CC1. The molecule has 9 heteroatoms. The second kappa shape index (κ2) is 8.08. The molecule has 1 atom stereocenters. The summed E-state index contributed by atoms with van der Waals surface area (Å²) in [6.07, 6.45) is 2.61. The first-order valence-electron chi connectivity index (χ1n) is 9.61. The van der Waals surface area contributed by atoms with Gasteiger partial charge in [-0.25, -0.2) is 13.2 Å². The molecule has 0 spiro atoms. The number of fused-ring (bicyclic) bond motifs is 1. The van der Waals surface area contributed by atoms with E-state index in [9.17, 15) is 18.0 Å². The number of oxazole rings is 1. The molecule has 2 aromatic rings. The fourth-order valence-corrected chi connectivity index (χ4v) is 4.96. The second-order valence-electron chi connectivity index (χ2n) is 7.48. The summed E-state index contributed by atoms with van der Waals surface area (Å²) < 4.78 is 33.8. The molecule has 0 aliphatic carbocycles. The van der Waals surface area contributed by atoms with Gasteiger partial charge in [-0.2, -0.15) is 4.31 Å². The number of carbonyl (C=O) groups excluding carboxylic acids is 1. The van der Waals surface area contributed by atoms with Crippen molar-refractivity contribution in [2.75, 3.05) is 13.1 Å². The van der Waals surface area contributed by atoms with E-state index in [1.54, 1.807) is 13.1 Å². The number of benzene rings is 1. The number of amides is 1. The fraction of sp³-hybridized carbons (Fsp3) is 0.579. The van der Waals surface area contributed by atoms with Crippen molar-refractivity contribution >= 4 is 27.0 Å². The van der Waals surface area contributed by atoms with Crippen LogP contribution in [0, 0.1) is 5.92 Å². The lowest BCUT2D eigenvalue weighted by Crippen LogP contribution is -2.40. The minimum absolute atomic E-state index is 0.0280. The largest absolute Gasteiger partial charge is 0.419 e. The van der Waals surface area contributed by atoms with E-state index in [-0.39, 0.29) is 28.3 Å². The molecule has 2 heterocycles. The van der Waals surface area contributed by atoms with Crippen LogP contribution in [0.4, 0.5) is 0 Å². The Hall–Kier alpha value is -2.13. The molecular weight excluding hydrogens is 382 g/mol. The molecule has 0 saturated carbocycles. The van der Waals surface area contributed by atoms with E-state index in [1.807, 2.05) is 13.8 Å². The van der Waals surface area contributed by atoms with Crippen molar-refractivity contribution in [3.05, 3.63) is 28.7 Å². The number of piperidine rings is 1. The molecule has 0 radical (unpaired) electrons. The zero-order chi connectivity index (χ0) is 20.5. The van der Waals surface area contributed by atoms with Gasteiger partial charge in [0.2, 0.25) is 15.9 Å². The average Bonchev–Trinajstić information content (AvgIpc) is 2.95. The molecule has 1 unspecified atom stereocenters. The second-order valence-corrected chi connectivity index (χ2v) is 9.42. The molecule has 0 bridgehead atoms. The first kappa shape index (κ1) is 20.6. The number of rotatable bonds is 6. The summed E-state index contributed by atoms with van der Waals surface area (Å²) in [6.45, 7) is 4.74. The smallest absolute Gasteiger partial charge is 0.408 e. The highest BCUT2D eigenvalue weighted by atomic mass is 32.2. The quantitative estimate of drug-likeness (QED) is 0.784. The topological polar surface area (TPSA) is 102 Å². The number of carbonyl (C=O) groups is 1. The number of nitrogens with zero attached hydrogens (tertiary/aromatic N) is 2. The van der Waals surface area contributed by atoms with Crippen LogP contribution in [-0.4, -0.2) is 42.3 Å². The van der Waals surface area contributed by atoms with Crippen molar-refractivity contribution in [1.82, 2.24) is 14.2 Å². The maximum Gasteiger partial charge on any atom is 0.419 e. The lowest BCUT2D eigenvalue weighted by molar-refractivity contribution is -0.122. The van der Waals surface area contributed by atoms with Crippen LogP contribution in [0.3, 0.4) is 0 Å². The van der Waals surface area contributed by atoms with Crippen LogP contribution >= 0.6 is 0 Å². The van der Waals surface area contributed by atoms with Gasteiger partial charge in [-0.15, -0.1) is 0 Å². The summed E-state index contributed by atoms with van der Waals surface area (Å²) >= 11 is 0. The van der Waals surface area contributed by atoms with E-state index in [1.165, 1.54) is 21.0 Å². The first-order valence-corrected chi connectivity index (χ1v) is 11.1. The predicted molar refractivity (Wildman–Crippen MR) is 105 cm³/mol. The van der Waals surface area contributed by atoms with Gasteiger partial charge >= 0.3 is 5.76 Å². The fourth-order valence-electron chi connectivity index (χ4n) is 3.48. The van der Waals surface area contributed by atoms with Crippen LogP contribution in [0.25, 0.3) is 11.1 Å². The Labute approximate surface area is 164 Å². The molecule has 1 N–H and O–H groups in total. The van der Waals surface area contributed by atoms with E-state index in [0.29, 0.717) is 37.9 Å². The Balaban J connectivity index is 1.66. The van der Waals surface area contributed by atoms with Crippen LogP contribution < -0.4 is 11.1 Å². The van der Waals surface area contributed by atoms with Crippen molar-refractivity contribution in [3.8, 4) is 0 Å². The highest BCUT2D eigenvalue weighted by molar-refractivity contribution is 7.89. The third-order valence-corrected chi connectivity index (χ3v) is 7.36. The van der Waals surface area contributed by atoms with Crippen LogP contribution in [0.1, 0.15) is 39.5 Å². The van der Waals surface area contributed by atoms with Crippen molar-refractivity contribution in [2.24, 2.45) is 13.0 Å². The van der Waals surface area contributed by atoms with Crippen molar-refractivity contribution in [2.45, 2.75) is 50.5 Å². The van der Waals surface area contributed by atoms with Gasteiger partial charge in [0.05, 0.1) is 10.4 Å². The molecule has 1 aromatic heterocycles. The summed E-state index contributed by atoms with van der Waals surface area (Å²) in [5.41, 5.74) is 0.806. The molecule has 1 aromatic carbocycles. The third-order valence-electron chi connectivity index (χ3n) is 5.47. The van der Waals surface area contributed by atoms with Crippen LogP contribution in [0.15, 0.2) is 32.3 Å². The Bertz CT molecular complexity index is 1020. The van der Waals surface area contributed by atoms with Gasteiger partial charge in [-0.3, -0.25) is 9.36 Å². The number of aryl methyl sites for hydroxylation is 1. The molecular formula is C19H27N3O5S. The standard InChI is InChI=1S/C19H27N3O5S/c1-4-13(2)20-18(23)11-14-7-9-22(10-8-14)28(25,26)15-5-6-16-17(12-15)27-19(24)21(16)3/h5-6,12-14H,4,7-11H2,1-3H3,(H,20,23). The summed E-state index contributed by atoms with van der Waals surface area (Å²) in [5.74, 6) is -0.314. The molecule has 1 saturated heterocycles. The van der Waals surface area contributed by atoms with Gasteiger partial charge in [0, 0.05) is 38.7 Å². The normalized spacial score (nSPS) is 17.7. The zero-order valence-corrected chi connectivity index (χ0v) is 17.3. The molecule has 1 aliphatic rings. The van der Waals surface area contributed by atoms with Gasteiger partial charge in [-0.05, 0) is 44.2 Å². The first-order chi connectivity index (χ1) is 13.2.